The van der Waals surface area contributed by atoms with E-state index < -0.39 is 9.84 Å². The number of hydrogen-bond donors (Lipinski definition) is 1. The minimum atomic E-state index is -3.23. The summed E-state index contributed by atoms with van der Waals surface area (Å²) in [6, 6.07) is 13.7. The number of halogens is 1. The Morgan fingerprint density at radius 3 is 2.39 bits per heavy atom. The monoisotopic (exact) mass is 349 g/mol. The van der Waals surface area contributed by atoms with Crippen molar-refractivity contribution in [3.63, 3.8) is 0 Å². The van der Waals surface area contributed by atoms with Crippen LogP contribution in [0.2, 0.25) is 5.02 Å². The van der Waals surface area contributed by atoms with Crippen LogP contribution in [-0.2, 0) is 14.6 Å². The highest BCUT2D eigenvalue weighted by molar-refractivity contribution is 7.90. The lowest BCUT2D eigenvalue weighted by Crippen LogP contribution is -2.14. The molecule has 0 bridgehead atoms. The molecule has 1 aliphatic rings. The van der Waals surface area contributed by atoms with Crippen LogP contribution in [0.25, 0.3) is 0 Å². The smallest absolute Gasteiger partial charge is 0.228 e. The lowest BCUT2D eigenvalue weighted by Gasteiger charge is -2.07. The van der Waals surface area contributed by atoms with Crippen molar-refractivity contribution in [3.8, 4) is 0 Å². The van der Waals surface area contributed by atoms with Crippen molar-refractivity contribution >= 4 is 33.0 Å². The van der Waals surface area contributed by atoms with Gasteiger partial charge in [0.05, 0.1) is 4.90 Å². The molecule has 120 valence electrons. The van der Waals surface area contributed by atoms with Crippen LogP contribution in [0.15, 0.2) is 53.4 Å². The van der Waals surface area contributed by atoms with E-state index in [1.165, 1.54) is 12.1 Å². The predicted molar refractivity (Wildman–Crippen MR) is 90.5 cm³/mol. The summed E-state index contributed by atoms with van der Waals surface area (Å²) in [5.41, 5.74) is 1.59. The highest BCUT2D eigenvalue weighted by Crippen LogP contribution is 2.49. The molecule has 1 fully saturated rings. The van der Waals surface area contributed by atoms with Crippen molar-refractivity contribution < 1.29 is 13.2 Å². The quantitative estimate of drug-likeness (QED) is 0.919. The van der Waals surface area contributed by atoms with Crippen molar-refractivity contribution in [2.75, 3.05) is 11.6 Å². The number of anilines is 1. The third-order valence-corrected chi connectivity index (χ3v) is 5.45. The van der Waals surface area contributed by atoms with Crippen LogP contribution in [0.4, 0.5) is 5.69 Å². The number of nitrogens with one attached hydrogen (secondary N) is 1. The van der Waals surface area contributed by atoms with E-state index in [0.29, 0.717) is 10.7 Å². The second-order valence-corrected chi connectivity index (χ2v) is 8.18. The van der Waals surface area contributed by atoms with Crippen molar-refractivity contribution in [3.05, 3.63) is 59.1 Å². The average Bonchev–Trinajstić information content (AvgIpc) is 3.28. The molecule has 2 atom stereocenters. The topological polar surface area (TPSA) is 63.2 Å². The summed E-state index contributed by atoms with van der Waals surface area (Å²) in [6.07, 6.45) is 1.93. The largest absolute Gasteiger partial charge is 0.326 e. The van der Waals surface area contributed by atoms with Crippen LogP contribution in [0.1, 0.15) is 17.9 Å². The molecule has 0 saturated heterocycles. The van der Waals surface area contributed by atoms with E-state index in [-0.39, 0.29) is 22.6 Å². The summed E-state index contributed by atoms with van der Waals surface area (Å²) in [7, 11) is -3.23. The molecule has 1 N–H and O–H groups in total. The third kappa shape index (κ3) is 3.57. The molecule has 23 heavy (non-hydrogen) atoms. The molecule has 0 radical (unpaired) electrons. The minimum Gasteiger partial charge on any atom is -0.326 e. The zero-order valence-electron chi connectivity index (χ0n) is 12.5. The lowest BCUT2D eigenvalue weighted by molar-refractivity contribution is -0.117. The number of hydrogen-bond acceptors (Lipinski definition) is 3. The number of rotatable bonds is 4. The van der Waals surface area contributed by atoms with Crippen LogP contribution >= 0.6 is 11.6 Å². The molecular formula is C17H16ClNO3S. The van der Waals surface area contributed by atoms with Crippen LogP contribution in [0.3, 0.4) is 0 Å². The first-order valence-electron chi connectivity index (χ1n) is 7.21. The van der Waals surface area contributed by atoms with Gasteiger partial charge in [-0.2, -0.15) is 0 Å². The van der Waals surface area contributed by atoms with Gasteiger partial charge in [-0.3, -0.25) is 4.79 Å². The van der Waals surface area contributed by atoms with E-state index in [2.05, 4.69) is 5.32 Å². The molecule has 0 spiro atoms. The van der Waals surface area contributed by atoms with Crippen LogP contribution in [-0.4, -0.2) is 20.6 Å². The van der Waals surface area contributed by atoms with E-state index >= 15 is 0 Å². The van der Waals surface area contributed by atoms with Crippen LogP contribution in [0, 0.1) is 5.92 Å². The highest BCUT2D eigenvalue weighted by atomic mass is 35.5. The van der Waals surface area contributed by atoms with Crippen molar-refractivity contribution in [1.29, 1.82) is 0 Å². The summed E-state index contributed by atoms with van der Waals surface area (Å²) >= 11 is 6.16. The Morgan fingerprint density at radius 2 is 1.78 bits per heavy atom. The van der Waals surface area contributed by atoms with Crippen LogP contribution < -0.4 is 5.32 Å². The summed E-state index contributed by atoms with van der Waals surface area (Å²) in [5.74, 6) is -0.00879. The SMILES string of the molecule is CS(=O)(=O)c1ccc(NC(=O)C2CC2c2ccccc2Cl)cc1. The predicted octanol–water partition coefficient (Wildman–Crippen LogP) is 3.49. The number of benzene rings is 2. The molecule has 2 aromatic rings. The second kappa shape index (κ2) is 5.98. The Bertz CT molecular complexity index is 846. The second-order valence-electron chi connectivity index (χ2n) is 5.76. The highest BCUT2D eigenvalue weighted by Gasteiger charge is 2.44. The Hall–Kier alpha value is -1.85. The fraction of sp³-hybridized carbons (Fsp3) is 0.235. The van der Waals surface area contributed by atoms with Gasteiger partial charge in [-0.25, -0.2) is 8.42 Å². The van der Waals surface area contributed by atoms with Gasteiger partial charge >= 0.3 is 0 Å². The Morgan fingerprint density at radius 1 is 1.13 bits per heavy atom. The molecule has 1 amide bonds. The molecule has 6 heteroatoms. The molecular weight excluding hydrogens is 334 g/mol. The van der Waals surface area contributed by atoms with E-state index in [4.69, 9.17) is 11.6 Å². The molecule has 3 rings (SSSR count). The fourth-order valence-electron chi connectivity index (χ4n) is 2.62. The van der Waals surface area contributed by atoms with Gasteiger partial charge in [-0.15, -0.1) is 0 Å². The maximum absolute atomic E-state index is 12.3. The van der Waals surface area contributed by atoms with Crippen LogP contribution in [0.5, 0.6) is 0 Å². The summed E-state index contributed by atoms with van der Waals surface area (Å²) in [4.78, 5) is 12.5. The van der Waals surface area contributed by atoms with Crippen molar-refractivity contribution in [2.45, 2.75) is 17.2 Å². The number of sulfone groups is 1. The first-order valence-corrected chi connectivity index (χ1v) is 9.48. The van der Waals surface area contributed by atoms with E-state index in [1.54, 1.807) is 12.1 Å². The van der Waals surface area contributed by atoms with Gasteiger partial charge in [0, 0.05) is 22.9 Å². The number of amides is 1. The van der Waals surface area contributed by atoms with E-state index in [9.17, 15) is 13.2 Å². The van der Waals surface area contributed by atoms with Gasteiger partial charge in [0.25, 0.3) is 0 Å². The van der Waals surface area contributed by atoms with Crippen molar-refractivity contribution in [2.24, 2.45) is 5.92 Å². The normalized spacial score (nSPS) is 20.1. The zero-order valence-corrected chi connectivity index (χ0v) is 14.1. The van der Waals surface area contributed by atoms with Gasteiger partial charge in [0.15, 0.2) is 9.84 Å². The third-order valence-electron chi connectivity index (χ3n) is 3.98. The Balaban J connectivity index is 1.66. The standard InChI is InChI=1S/C17H16ClNO3S/c1-23(21,22)12-8-6-11(7-9-12)19-17(20)15-10-14(15)13-4-2-3-5-16(13)18/h2-9,14-15H,10H2,1H3,(H,19,20). The van der Waals surface area contributed by atoms with Crippen molar-refractivity contribution in [1.82, 2.24) is 0 Å². The van der Waals surface area contributed by atoms with Gasteiger partial charge < -0.3 is 5.32 Å². The molecule has 0 heterocycles. The van der Waals surface area contributed by atoms with Gasteiger partial charge in [-0.1, -0.05) is 29.8 Å². The van der Waals surface area contributed by atoms with Gasteiger partial charge in [0.2, 0.25) is 5.91 Å². The Labute approximate surface area is 140 Å². The molecule has 0 aliphatic heterocycles. The molecule has 0 aromatic heterocycles. The summed E-state index contributed by atoms with van der Waals surface area (Å²) in [5, 5.41) is 3.51. The summed E-state index contributed by atoms with van der Waals surface area (Å²) in [6.45, 7) is 0. The molecule has 1 aliphatic carbocycles. The lowest BCUT2D eigenvalue weighted by atomic mass is 10.1. The minimum absolute atomic E-state index is 0.0676. The van der Waals surface area contributed by atoms with Gasteiger partial charge in [0.1, 0.15) is 0 Å². The first kappa shape index (κ1) is 16.0. The van der Waals surface area contributed by atoms with E-state index in [1.807, 2.05) is 24.3 Å². The molecule has 1 saturated carbocycles. The fourth-order valence-corrected chi connectivity index (χ4v) is 3.53. The molecule has 2 aromatic carbocycles. The number of carbonyl (C=O) groups excluding carboxylic acids is 1. The summed E-state index contributed by atoms with van der Waals surface area (Å²) < 4.78 is 22.8. The molecule has 2 unspecified atom stereocenters. The zero-order chi connectivity index (χ0) is 16.6. The average molecular weight is 350 g/mol. The van der Waals surface area contributed by atoms with E-state index in [0.717, 1.165) is 18.2 Å². The first-order chi connectivity index (χ1) is 10.9. The maximum Gasteiger partial charge on any atom is 0.228 e. The maximum atomic E-state index is 12.3. The molecule has 4 nitrogen and oxygen atoms in total. The van der Waals surface area contributed by atoms with Gasteiger partial charge in [-0.05, 0) is 48.2 Å². The Kier molecular flexibility index (Phi) is 4.17. The number of carbonyl (C=O) groups is 1.